The Kier molecular flexibility index (Phi) is 6.66. The molecule has 0 saturated heterocycles. The summed E-state index contributed by atoms with van der Waals surface area (Å²) < 4.78 is 34.2. The zero-order chi connectivity index (χ0) is 20.8. The summed E-state index contributed by atoms with van der Waals surface area (Å²) in [6.45, 7) is 0.0565. The van der Waals surface area contributed by atoms with Gasteiger partial charge in [-0.2, -0.15) is 0 Å². The van der Waals surface area contributed by atoms with Gasteiger partial charge in [0.1, 0.15) is 17.4 Å². The lowest BCUT2D eigenvalue weighted by Gasteiger charge is -2.13. The predicted octanol–water partition coefficient (Wildman–Crippen LogP) is 4.26. The van der Waals surface area contributed by atoms with Crippen LogP contribution in [0.4, 0.5) is 4.39 Å². The molecule has 0 saturated carbocycles. The third kappa shape index (κ3) is 5.03. The summed E-state index contributed by atoms with van der Waals surface area (Å²) in [4.78, 5) is 16.7. The Morgan fingerprint density at radius 3 is 2.28 bits per heavy atom. The first-order chi connectivity index (χ1) is 14.0. The second kappa shape index (κ2) is 9.38. The Balaban J connectivity index is 1.62. The number of halogens is 1. The fraction of sp³-hybridized carbons (Fsp3) is 0.238. The first-order valence-electron chi connectivity index (χ1n) is 8.69. The Morgan fingerprint density at radius 1 is 1.03 bits per heavy atom. The van der Waals surface area contributed by atoms with Crippen LogP contribution in [0.5, 0.6) is 17.2 Å². The van der Waals surface area contributed by atoms with Crippen LogP contribution in [0.25, 0.3) is 10.6 Å². The second-order valence-electron chi connectivity index (χ2n) is 6.02. The number of aromatic nitrogens is 1. The summed E-state index contributed by atoms with van der Waals surface area (Å²) in [6.07, 6.45) is 0.0473. The fourth-order valence-corrected chi connectivity index (χ4v) is 3.52. The molecule has 0 spiro atoms. The molecule has 0 bridgehead atoms. The number of benzene rings is 2. The van der Waals surface area contributed by atoms with Crippen molar-refractivity contribution in [1.82, 2.24) is 4.98 Å². The van der Waals surface area contributed by atoms with Crippen molar-refractivity contribution in [2.75, 3.05) is 21.3 Å². The van der Waals surface area contributed by atoms with Crippen molar-refractivity contribution in [3.05, 3.63) is 58.9 Å². The molecule has 0 fully saturated rings. The third-order valence-corrected chi connectivity index (χ3v) is 5.04. The van der Waals surface area contributed by atoms with E-state index in [1.807, 2.05) is 5.38 Å². The molecule has 0 atom stereocenters. The smallest absolute Gasteiger partial charge is 0.310 e. The lowest BCUT2D eigenvalue weighted by Crippen LogP contribution is -2.09. The van der Waals surface area contributed by atoms with Crippen molar-refractivity contribution in [3.63, 3.8) is 0 Å². The highest BCUT2D eigenvalue weighted by Crippen LogP contribution is 2.38. The SMILES string of the molecule is COc1cc(CC(=O)OCc2csc(-c3ccc(F)cc3)n2)cc(OC)c1OC. The summed E-state index contributed by atoms with van der Waals surface area (Å²) in [7, 11) is 4.54. The van der Waals surface area contributed by atoms with Gasteiger partial charge in [0, 0.05) is 10.9 Å². The van der Waals surface area contributed by atoms with E-state index in [1.54, 1.807) is 24.3 Å². The molecule has 0 amide bonds. The van der Waals surface area contributed by atoms with Crippen molar-refractivity contribution >= 4 is 17.3 Å². The highest BCUT2D eigenvalue weighted by molar-refractivity contribution is 7.13. The Bertz CT molecular complexity index is 962. The molecular weight excluding hydrogens is 397 g/mol. The van der Waals surface area contributed by atoms with E-state index in [4.69, 9.17) is 18.9 Å². The summed E-state index contributed by atoms with van der Waals surface area (Å²) in [5, 5.41) is 2.55. The van der Waals surface area contributed by atoms with E-state index >= 15 is 0 Å². The fourth-order valence-electron chi connectivity index (χ4n) is 2.71. The van der Waals surface area contributed by atoms with Gasteiger partial charge in [-0.1, -0.05) is 0 Å². The summed E-state index contributed by atoms with van der Waals surface area (Å²) >= 11 is 1.41. The lowest BCUT2D eigenvalue weighted by atomic mass is 10.1. The van der Waals surface area contributed by atoms with E-state index in [-0.39, 0.29) is 18.8 Å². The minimum Gasteiger partial charge on any atom is -0.493 e. The van der Waals surface area contributed by atoms with Crippen LogP contribution in [0.15, 0.2) is 41.8 Å². The molecule has 6 nitrogen and oxygen atoms in total. The molecule has 29 heavy (non-hydrogen) atoms. The number of rotatable bonds is 8. The third-order valence-electron chi connectivity index (χ3n) is 4.10. The second-order valence-corrected chi connectivity index (χ2v) is 6.88. The van der Waals surface area contributed by atoms with Crippen LogP contribution in [-0.4, -0.2) is 32.3 Å². The molecule has 8 heteroatoms. The molecule has 1 aromatic heterocycles. The van der Waals surface area contributed by atoms with Gasteiger partial charge < -0.3 is 18.9 Å². The van der Waals surface area contributed by atoms with Crippen LogP contribution in [0.3, 0.4) is 0 Å². The van der Waals surface area contributed by atoms with E-state index in [9.17, 15) is 9.18 Å². The molecule has 3 rings (SSSR count). The van der Waals surface area contributed by atoms with Gasteiger partial charge in [0.15, 0.2) is 11.5 Å². The molecule has 0 aliphatic carbocycles. The van der Waals surface area contributed by atoms with Crippen LogP contribution in [-0.2, 0) is 22.6 Å². The highest BCUT2D eigenvalue weighted by atomic mass is 32.1. The standard InChI is InChI=1S/C21H20FNO5S/c1-25-17-8-13(9-18(26-2)20(17)27-3)10-19(24)28-11-16-12-29-21(23-16)14-4-6-15(22)7-5-14/h4-9,12H,10-11H2,1-3H3. The van der Waals surface area contributed by atoms with E-state index in [0.29, 0.717) is 28.5 Å². The number of thiazole rings is 1. The minimum absolute atomic E-state index is 0.0473. The van der Waals surface area contributed by atoms with Crippen LogP contribution in [0.1, 0.15) is 11.3 Å². The van der Waals surface area contributed by atoms with Gasteiger partial charge in [-0.05, 0) is 42.0 Å². The van der Waals surface area contributed by atoms with Gasteiger partial charge in [0.2, 0.25) is 5.75 Å². The molecule has 0 aliphatic heterocycles. The number of ether oxygens (including phenoxy) is 4. The molecule has 3 aromatic rings. The Labute approximate surface area is 171 Å². The van der Waals surface area contributed by atoms with E-state index in [0.717, 1.165) is 10.6 Å². The number of carbonyl (C=O) groups excluding carboxylic acids is 1. The van der Waals surface area contributed by atoms with Crippen molar-refractivity contribution in [2.45, 2.75) is 13.0 Å². The number of hydrogen-bond acceptors (Lipinski definition) is 7. The van der Waals surface area contributed by atoms with Crippen LogP contribution in [0.2, 0.25) is 0 Å². The number of esters is 1. The topological polar surface area (TPSA) is 66.9 Å². The van der Waals surface area contributed by atoms with Gasteiger partial charge in [0.25, 0.3) is 0 Å². The van der Waals surface area contributed by atoms with Crippen molar-refractivity contribution in [1.29, 1.82) is 0 Å². The number of carbonyl (C=O) groups is 1. The molecule has 152 valence electrons. The molecule has 0 radical (unpaired) electrons. The average Bonchev–Trinajstić information content (AvgIpc) is 3.21. The summed E-state index contributed by atoms with van der Waals surface area (Å²) in [5.74, 6) is 0.695. The maximum absolute atomic E-state index is 13.0. The first-order valence-corrected chi connectivity index (χ1v) is 9.57. The maximum atomic E-state index is 13.0. The number of methoxy groups -OCH3 is 3. The monoisotopic (exact) mass is 417 g/mol. The van der Waals surface area contributed by atoms with Crippen LogP contribution < -0.4 is 14.2 Å². The summed E-state index contributed by atoms with van der Waals surface area (Å²) in [6, 6.07) is 9.50. The van der Waals surface area contributed by atoms with E-state index in [2.05, 4.69) is 4.98 Å². The molecular formula is C21H20FNO5S. The van der Waals surface area contributed by atoms with Gasteiger partial charge in [-0.15, -0.1) is 11.3 Å². The predicted molar refractivity (Wildman–Crippen MR) is 107 cm³/mol. The Morgan fingerprint density at radius 2 is 1.69 bits per heavy atom. The quantitative estimate of drug-likeness (QED) is 0.510. The molecule has 1 heterocycles. The minimum atomic E-state index is -0.407. The zero-order valence-electron chi connectivity index (χ0n) is 16.2. The van der Waals surface area contributed by atoms with Crippen LogP contribution in [0, 0.1) is 5.82 Å². The van der Waals surface area contributed by atoms with Crippen LogP contribution >= 0.6 is 11.3 Å². The van der Waals surface area contributed by atoms with E-state index < -0.39 is 5.97 Å². The number of hydrogen-bond donors (Lipinski definition) is 0. The zero-order valence-corrected chi connectivity index (χ0v) is 17.0. The molecule has 0 unspecified atom stereocenters. The largest absolute Gasteiger partial charge is 0.493 e. The van der Waals surface area contributed by atoms with Gasteiger partial charge >= 0.3 is 5.97 Å². The highest BCUT2D eigenvalue weighted by Gasteiger charge is 2.16. The normalized spacial score (nSPS) is 10.5. The number of nitrogens with zero attached hydrogens (tertiary/aromatic N) is 1. The molecule has 0 N–H and O–H groups in total. The molecule has 2 aromatic carbocycles. The average molecular weight is 417 g/mol. The molecule has 0 aliphatic rings. The van der Waals surface area contributed by atoms with Gasteiger partial charge in [0.05, 0.1) is 33.4 Å². The van der Waals surface area contributed by atoms with Crippen molar-refractivity contribution in [3.8, 4) is 27.8 Å². The Hall–Kier alpha value is -3.13. The van der Waals surface area contributed by atoms with Crippen molar-refractivity contribution < 1.29 is 28.1 Å². The van der Waals surface area contributed by atoms with Gasteiger partial charge in [-0.3, -0.25) is 4.79 Å². The summed E-state index contributed by atoms with van der Waals surface area (Å²) in [5.41, 5.74) is 2.12. The maximum Gasteiger partial charge on any atom is 0.310 e. The van der Waals surface area contributed by atoms with Crippen molar-refractivity contribution in [2.24, 2.45) is 0 Å². The van der Waals surface area contributed by atoms with E-state index in [1.165, 1.54) is 44.8 Å². The lowest BCUT2D eigenvalue weighted by molar-refractivity contribution is -0.144. The first kappa shape index (κ1) is 20.6. The van der Waals surface area contributed by atoms with Gasteiger partial charge in [-0.25, -0.2) is 9.37 Å².